The average molecular weight is 417 g/mol. The normalized spacial score (nSPS) is 18.6. The summed E-state index contributed by atoms with van der Waals surface area (Å²) in [7, 11) is -3.18. The third-order valence-electron chi connectivity index (χ3n) is 4.60. The van der Waals surface area contributed by atoms with Crippen LogP contribution in [0.3, 0.4) is 0 Å². The SMILES string of the molecule is C[C@H](Oc1ccccc1)C(=O)OCC(=O)N(c1ccccc1)[C@@H]1CCS(=O)(=O)C1. The number of anilines is 1. The Kier molecular flexibility index (Phi) is 6.53. The molecule has 7 nitrogen and oxygen atoms in total. The van der Waals surface area contributed by atoms with Gasteiger partial charge in [0.05, 0.1) is 17.5 Å². The van der Waals surface area contributed by atoms with Crippen LogP contribution in [0.4, 0.5) is 5.69 Å². The van der Waals surface area contributed by atoms with Gasteiger partial charge in [0.25, 0.3) is 5.91 Å². The molecule has 2 aromatic carbocycles. The zero-order chi connectivity index (χ0) is 20.9. The van der Waals surface area contributed by atoms with Crippen molar-refractivity contribution in [2.24, 2.45) is 0 Å². The number of esters is 1. The van der Waals surface area contributed by atoms with Gasteiger partial charge in [0.2, 0.25) is 0 Å². The van der Waals surface area contributed by atoms with E-state index in [1.54, 1.807) is 54.6 Å². The van der Waals surface area contributed by atoms with E-state index in [1.807, 2.05) is 6.07 Å². The fourth-order valence-corrected chi connectivity index (χ4v) is 4.90. The number of sulfone groups is 1. The predicted molar refractivity (Wildman–Crippen MR) is 108 cm³/mol. The minimum Gasteiger partial charge on any atom is -0.479 e. The van der Waals surface area contributed by atoms with Crippen LogP contribution in [-0.2, 0) is 24.2 Å². The molecule has 3 rings (SSSR count). The number of carbonyl (C=O) groups is 2. The van der Waals surface area contributed by atoms with Crippen LogP contribution in [0.5, 0.6) is 5.75 Å². The van der Waals surface area contributed by atoms with Crippen molar-refractivity contribution < 1.29 is 27.5 Å². The fourth-order valence-electron chi connectivity index (χ4n) is 3.20. The predicted octanol–water partition coefficient (Wildman–Crippen LogP) is 2.22. The molecule has 2 atom stereocenters. The van der Waals surface area contributed by atoms with Gasteiger partial charge in [-0.25, -0.2) is 13.2 Å². The Morgan fingerprint density at radius 2 is 1.69 bits per heavy atom. The van der Waals surface area contributed by atoms with Gasteiger partial charge < -0.3 is 14.4 Å². The monoisotopic (exact) mass is 417 g/mol. The van der Waals surface area contributed by atoms with Gasteiger partial charge in [-0.1, -0.05) is 36.4 Å². The molecule has 1 saturated heterocycles. The second-order valence-corrected chi connectivity index (χ2v) is 9.07. The molecular weight excluding hydrogens is 394 g/mol. The highest BCUT2D eigenvalue weighted by Gasteiger charge is 2.36. The molecule has 0 saturated carbocycles. The first-order chi connectivity index (χ1) is 13.9. The van der Waals surface area contributed by atoms with Crippen LogP contribution in [0.1, 0.15) is 13.3 Å². The Hall–Kier alpha value is -2.87. The van der Waals surface area contributed by atoms with E-state index in [0.717, 1.165) is 0 Å². The highest BCUT2D eigenvalue weighted by atomic mass is 32.2. The van der Waals surface area contributed by atoms with Gasteiger partial charge in [-0.3, -0.25) is 4.79 Å². The Morgan fingerprint density at radius 1 is 1.07 bits per heavy atom. The third kappa shape index (κ3) is 5.57. The first-order valence-electron chi connectivity index (χ1n) is 9.31. The largest absolute Gasteiger partial charge is 0.479 e. The van der Waals surface area contributed by atoms with Crippen molar-refractivity contribution in [3.8, 4) is 5.75 Å². The highest BCUT2D eigenvalue weighted by molar-refractivity contribution is 7.91. The maximum atomic E-state index is 12.8. The first-order valence-corrected chi connectivity index (χ1v) is 11.1. The molecule has 0 radical (unpaired) electrons. The lowest BCUT2D eigenvalue weighted by Crippen LogP contribution is -2.44. The van der Waals surface area contributed by atoms with Crippen molar-refractivity contribution in [1.29, 1.82) is 0 Å². The maximum Gasteiger partial charge on any atom is 0.347 e. The highest BCUT2D eigenvalue weighted by Crippen LogP contribution is 2.24. The summed E-state index contributed by atoms with van der Waals surface area (Å²) in [6, 6.07) is 17.1. The second kappa shape index (κ2) is 9.09. The standard InChI is InChI=1S/C21H23NO6S/c1-16(28-19-10-6-3-7-11-19)21(24)27-14-20(23)22(17-8-4-2-5-9-17)18-12-13-29(25,26)15-18/h2-11,16,18H,12-15H2,1H3/t16-,18+/m0/s1. The fraction of sp³-hybridized carbons (Fsp3) is 0.333. The molecule has 0 N–H and O–H groups in total. The van der Waals surface area contributed by atoms with Crippen LogP contribution in [-0.4, -0.2) is 50.6 Å². The number of ether oxygens (including phenoxy) is 2. The summed E-state index contributed by atoms with van der Waals surface area (Å²) < 4.78 is 34.4. The van der Waals surface area contributed by atoms with Crippen LogP contribution < -0.4 is 9.64 Å². The van der Waals surface area contributed by atoms with Gasteiger partial charge >= 0.3 is 5.97 Å². The Labute approximate surface area is 170 Å². The molecular formula is C21H23NO6S. The molecule has 8 heteroatoms. The zero-order valence-corrected chi connectivity index (χ0v) is 16.9. The lowest BCUT2D eigenvalue weighted by atomic mass is 10.2. The maximum absolute atomic E-state index is 12.8. The summed E-state index contributed by atoms with van der Waals surface area (Å²) in [6.45, 7) is 1.05. The number of nitrogens with zero attached hydrogens (tertiary/aromatic N) is 1. The molecule has 154 valence electrons. The summed E-state index contributed by atoms with van der Waals surface area (Å²) in [6.07, 6.45) is -0.535. The van der Waals surface area contributed by atoms with Gasteiger partial charge in [0, 0.05) is 5.69 Å². The number of carbonyl (C=O) groups excluding carboxylic acids is 2. The van der Waals surface area contributed by atoms with Crippen molar-refractivity contribution in [2.45, 2.75) is 25.5 Å². The minimum absolute atomic E-state index is 0.0377. The van der Waals surface area contributed by atoms with E-state index < -0.39 is 40.5 Å². The van der Waals surface area contributed by atoms with Crippen molar-refractivity contribution in [1.82, 2.24) is 0 Å². The number of amides is 1. The number of rotatable bonds is 7. The Morgan fingerprint density at radius 3 is 2.28 bits per heavy atom. The van der Waals surface area contributed by atoms with Crippen LogP contribution in [0.15, 0.2) is 60.7 Å². The van der Waals surface area contributed by atoms with Crippen LogP contribution in [0.2, 0.25) is 0 Å². The molecule has 29 heavy (non-hydrogen) atoms. The Balaban J connectivity index is 1.64. The quantitative estimate of drug-likeness (QED) is 0.642. The van der Waals surface area contributed by atoms with Crippen molar-refractivity contribution in [3.05, 3.63) is 60.7 Å². The number of benzene rings is 2. The smallest absolute Gasteiger partial charge is 0.347 e. The van der Waals surface area contributed by atoms with Crippen molar-refractivity contribution in [3.63, 3.8) is 0 Å². The van der Waals surface area contributed by atoms with E-state index in [1.165, 1.54) is 11.8 Å². The summed E-state index contributed by atoms with van der Waals surface area (Å²) >= 11 is 0. The summed E-state index contributed by atoms with van der Waals surface area (Å²) in [5.74, 6) is -0.691. The molecule has 1 heterocycles. The summed E-state index contributed by atoms with van der Waals surface area (Å²) in [5.41, 5.74) is 0.573. The van der Waals surface area contributed by atoms with E-state index in [-0.39, 0.29) is 11.5 Å². The summed E-state index contributed by atoms with van der Waals surface area (Å²) in [4.78, 5) is 26.5. The lowest BCUT2D eigenvalue weighted by molar-refractivity contribution is -0.154. The van der Waals surface area contributed by atoms with Crippen LogP contribution in [0.25, 0.3) is 0 Å². The van der Waals surface area contributed by atoms with Crippen molar-refractivity contribution >= 4 is 27.4 Å². The molecule has 0 unspecified atom stereocenters. The number of hydrogen-bond donors (Lipinski definition) is 0. The first kappa shape index (κ1) is 20.9. The van der Waals surface area contributed by atoms with Crippen LogP contribution >= 0.6 is 0 Å². The Bertz CT molecular complexity index is 946. The van der Waals surface area contributed by atoms with Gasteiger partial charge in [-0.15, -0.1) is 0 Å². The molecule has 0 aromatic heterocycles. The average Bonchev–Trinajstić information content (AvgIpc) is 3.07. The number of hydrogen-bond acceptors (Lipinski definition) is 6. The van der Waals surface area contributed by atoms with E-state index in [2.05, 4.69) is 0 Å². The molecule has 2 aromatic rings. The van der Waals surface area contributed by atoms with E-state index in [9.17, 15) is 18.0 Å². The number of para-hydroxylation sites is 2. The molecule has 0 bridgehead atoms. The van der Waals surface area contributed by atoms with Gasteiger partial charge in [-0.05, 0) is 37.6 Å². The molecule has 1 amide bonds. The van der Waals surface area contributed by atoms with Gasteiger partial charge in [0.1, 0.15) is 5.75 Å². The van der Waals surface area contributed by atoms with E-state index >= 15 is 0 Å². The van der Waals surface area contributed by atoms with Crippen LogP contribution in [0, 0.1) is 0 Å². The minimum atomic E-state index is -3.18. The molecule has 0 spiro atoms. The van der Waals surface area contributed by atoms with E-state index in [0.29, 0.717) is 17.9 Å². The molecule has 1 aliphatic rings. The van der Waals surface area contributed by atoms with Crippen molar-refractivity contribution in [2.75, 3.05) is 23.0 Å². The van der Waals surface area contributed by atoms with Gasteiger partial charge in [0.15, 0.2) is 22.5 Å². The molecule has 1 aliphatic heterocycles. The molecule has 0 aliphatic carbocycles. The topological polar surface area (TPSA) is 90.0 Å². The zero-order valence-electron chi connectivity index (χ0n) is 16.1. The molecule has 1 fully saturated rings. The van der Waals surface area contributed by atoms with Gasteiger partial charge in [-0.2, -0.15) is 0 Å². The van der Waals surface area contributed by atoms with E-state index in [4.69, 9.17) is 9.47 Å². The second-order valence-electron chi connectivity index (χ2n) is 6.84. The lowest BCUT2D eigenvalue weighted by Gasteiger charge is -2.28. The third-order valence-corrected chi connectivity index (χ3v) is 6.35. The summed E-state index contributed by atoms with van der Waals surface area (Å²) in [5, 5.41) is 0.